The summed E-state index contributed by atoms with van der Waals surface area (Å²) in [6, 6.07) is 8.71. The standard InChI is InChI=1S/C12H20N2/c1-10-6-4-5-7-12(10)14(3)9-8-11(2)13/h4-7,11H,8-9,13H2,1-3H3. The molecule has 0 amide bonds. The second-order valence-electron chi connectivity index (χ2n) is 3.97. The summed E-state index contributed by atoms with van der Waals surface area (Å²) in [5.41, 5.74) is 8.35. The second kappa shape index (κ2) is 5.01. The van der Waals surface area contributed by atoms with Crippen LogP contribution in [0.1, 0.15) is 18.9 Å². The molecule has 0 bridgehead atoms. The molecular formula is C12H20N2. The van der Waals surface area contributed by atoms with Gasteiger partial charge in [-0.2, -0.15) is 0 Å². The molecule has 14 heavy (non-hydrogen) atoms. The highest BCUT2D eigenvalue weighted by Gasteiger charge is 2.03. The van der Waals surface area contributed by atoms with E-state index in [4.69, 9.17) is 5.73 Å². The molecule has 0 saturated heterocycles. The highest BCUT2D eigenvalue weighted by Crippen LogP contribution is 2.17. The van der Waals surface area contributed by atoms with Crippen LogP contribution in [0.2, 0.25) is 0 Å². The van der Waals surface area contributed by atoms with Crippen LogP contribution in [0.25, 0.3) is 0 Å². The van der Waals surface area contributed by atoms with E-state index in [1.807, 2.05) is 6.92 Å². The molecular weight excluding hydrogens is 172 g/mol. The Morgan fingerprint density at radius 3 is 2.57 bits per heavy atom. The highest BCUT2D eigenvalue weighted by molar-refractivity contribution is 5.52. The summed E-state index contributed by atoms with van der Waals surface area (Å²) in [6.45, 7) is 5.20. The van der Waals surface area contributed by atoms with Gasteiger partial charge in [0.05, 0.1) is 0 Å². The van der Waals surface area contributed by atoms with Gasteiger partial charge in [-0.25, -0.2) is 0 Å². The predicted molar refractivity (Wildman–Crippen MR) is 62.7 cm³/mol. The number of rotatable bonds is 4. The number of nitrogens with two attached hydrogens (primary N) is 1. The van der Waals surface area contributed by atoms with Crippen molar-refractivity contribution in [2.75, 3.05) is 18.5 Å². The Kier molecular flexibility index (Phi) is 3.96. The van der Waals surface area contributed by atoms with E-state index in [0.717, 1.165) is 13.0 Å². The molecule has 1 aromatic rings. The fourth-order valence-corrected chi connectivity index (χ4v) is 1.51. The molecule has 2 heteroatoms. The molecule has 0 fully saturated rings. The van der Waals surface area contributed by atoms with Crippen molar-refractivity contribution < 1.29 is 0 Å². The lowest BCUT2D eigenvalue weighted by Crippen LogP contribution is -2.26. The van der Waals surface area contributed by atoms with E-state index in [9.17, 15) is 0 Å². The van der Waals surface area contributed by atoms with Crippen LogP contribution < -0.4 is 10.6 Å². The van der Waals surface area contributed by atoms with Gasteiger partial charge < -0.3 is 10.6 Å². The quantitative estimate of drug-likeness (QED) is 0.792. The van der Waals surface area contributed by atoms with E-state index >= 15 is 0 Å². The number of hydrogen-bond donors (Lipinski definition) is 1. The smallest absolute Gasteiger partial charge is 0.0393 e. The van der Waals surface area contributed by atoms with Crippen LogP contribution >= 0.6 is 0 Å². The third-order valence-electron chi connectivity index (χ3n) is 2.45. The summed E-state index contributed by atoms with van der Waals surface area (Å²) in [4.78, 5) is 2.26. The maximum Gasteiger partial charge on any atom is 0.0393 e. The first-order valence-electron chi connectivity index (χ1n) is 5.13. The van der Waals surface area contributed by atoms with Gasteiger partial charge in [0.2, 0.25) is 0 Å². The largest absolute Gasteiger partial charge is 0.374 e. The molecule has 1 unspecified atom stereocenters. The molecule has 1 atom stereocenters. The van der Waals surface area contributed by atoms with Gasteiger partial charge in [0.1, 0.15) is 0 Å². The molecule has 0 aliphatic heterocycles. The van der Waals surface area contributed by atoms with Crippen molar-refractivity contribution in [2.45, 2.75) is 26.3 Å². The van der Waals surface area contributed by atoms with E-state index in [2.05, 4.69) is 43.1 Å². The Balaban J connectivity index is 2.60. The lowest BCUT2D eigenvalue weighted by atomic mass is 10.1. The lowest BCUT2D eigenvalue weighted by molar-refractivity contribution is 0.658. The average Bonchev–Trinajstić information content (AvgIpc) is 2.15. The molecule has 78 valence electrons. The summed E-state index contributed by atoms with van der Waals surface area (Å²) in [7, 11) is 2.12. The number of hydrogen-bond acceptors (Lipinski definition) is 2. The van der Waals surface area contributed by atoms with Crippen LogP contribution in [0.5, 0.6) is 0 Å². The number of aryl methyl sites for hydroxylation is 1. The van der Waals surface area contributed by atoms with Crippen molar-refractivity contribution in [1.82, 2.24) is 0 Å². The van der Waals surface area contributed by atoms with E-state index in [-0.39, 0.29) is 6.04 Å². The first kappa shape index (κ1) is 11.1. The van der Waals surface area contributed by atoms with Crippen molar-refractivity contribution in [3.8, 4) is 0 Å². The number of benzene rings is 1. The van der Waals surface area contributed by atoms with Crippen molar-refractivity contribution in [1.29, 1.82) is 0 Å². The summed E-state index contributed by atoms with van der Waals surface area (Å²) in [6.07, 6.45) is 1.03. The topological polar surface area (TPSA) is 29.3 Å². The summed E-state index contributed by atoms with van der Waals surface area (Å²) >= 11 is 0. The van der Waals surface area contributed by atoms with E-state index < -0.39 is 0 Å². The van der Waals surface area contributed by atoms with Crippen molar-refractivity contribution in [3.63, 3.8) is 0 Å². The van der Waals surface area contributed by atoms with Crippen molar-refractivity contribution in [2.24, 2.45) is 5.73 Å². The van der Waals surface area contributed by atoms with Gasteiger partial charge in [-0.15, -0.1) is 0 Å². The predicted octanol–water partition coefficient (Wildman–Crippen LogP) is 2.17. The van der Waals surface area contributed by atoms with E-state index in [1.165, 1.54) is 11.3 Å². The van der Waals surface area contributed by atoms with Crippen LogP contribution in [-0.4, -0.2) is 19.6 Å². The Morgan fingerprint density at radius 2 is 2.00 bits per heavy atom. The zero-order valence-corrected chi connectivity index (χ0v) is 9.33. The number of anilines is 1. The summed E-state index contributed by atoms with van der Waals surface area (Å²) in [5, 5.41) is 0. The van der Waals surface area contributed by atoms with Crippen molar-refractivity contribution >= 4 is 5.69 Å². The Morgan fingerprint density at radius 1 is 1.36 bits per heavy atom. The molecule has 1 aromatic carbocycles. The molecule has 2 N–H and O–H groups in total. The molecule has 0 aliphatic rings. The van der Waals surface area contributed by atoms with E-state index in [0.29, 0.717) is 0 Å². The molecule has 0 aromatic heterocycles. The summed E-state index contributed by atoms with van der Waals surface area (Å²) < 4.78 is 0. The van der Waals surface area contributed by atoms with Gasteiger partial charge in [-0.05, 0) is 31.9 Å². The number of nitrogens with zero attached hydrogens (tertiary/aromatic N) is 1. The average molecular weight is 192 g/mol. The Hall–Kier alpha value is -1.02. The molecule has 0 aliphatic carbocycles. The van der Waals surface area contributed by atoms with Crippen LogP contribution in [0.4, 0.5) is 5.69 Å². The fourth-order valence-electron chi connectivity index (χ4n) is 1.51. The maximum atomic E-state index is 5.73. The van der Waals surface area contributed by atoms with Gasteiger partial charge in [-0.3, -0.25) is 0 Å². The fraction of sp³-hybridized carbons (Fsp3) is 0.500. The third kappa shape index (κ3) is 3.04. The minimum absolute atomic E-state index is 0.279. The van der Waals surface area contributed by atoms with Gasteiger partial charge in [0.25, 0.3) is 0 Å². The van der Waals surface area contributed by atoms with Crippen LogP contribution in [0, 0.1) is 6.92 Å². The SMILES string of the molecule is Cc1ccccc1N(C)CCC(C)N. The van der Waals surface area contributed by atoms with Crippen LogP contribution in [-0.2, 0) is 0 Å². The molecule has 0 radical (unpaired) electrons. The monoisotopic (exact) mass is 192 g/mol. The molecule has 2 nitrogen and oxygen atoms in total. The molecule has 1 rings (SSSR count). The zero-order chi connectivity index (χ0) is 10.6. The maximum absolute atomic E-state index is 5.73. The minimum atomic E-state index is 0.279. The lowest BCUT2D eigenvalue weighted by Gasteiger charge is -2.22. The molecule has 0 heterocycles. The molecule has 0 spiro atoms. The van der Waals surface area contributed by atoms with Crippen molar-refractivity contribution in [3.05, 3.63) is 29.8 Å². The van der Waals surface area contributed by atoms with Crippen LogP contribution in [0.15, 0.2) is 24.3 Å². The van der Waals surface area contributed by atoms with Gasteiger partial charge in [0.15, 0.2) is 0 Å². The first-order valence-corrected chi connectivity index (χ1v) is 5.13. The summed E-state index contributed by atoms with van der Waals surface area (Å²) in [5.74, 6) is 0. The zero-order valence-electron chi connectivity index (χ0n) is 9.33. The Labute approximate surface area is 86.7 Å². The van der Waals surface area contributed by atoms with Gasteiger partial charge >= 0.3 is 0 Å². The minimum Gasteiger partial charge on any atom is -0.374 e. The van der Waals surface area contributed by atoms with Gasteiger partial charge in [0, 0.05) is 25.3 Å². The van der Waals surface area contributed by atoms with Crippen LogP contribution in [0.3, 0.4) is 0 Å². The second-order valence-corrected chi connectivity index (χ2v) is 3.97. The highest BCUT2D eigenvalue weighted by atomic mass is 15.1. The first-order chi connectivity index (χ1) is 6.61. The normalized spacial score (nSPS) is 12.6. The molecule has 0 saturated carbocycles. The van der Waals surface area contributed by atoms with E-state index in [1.54, 1.807) is 0 Å². The van der Waals surface area contributed by atoms with Gasteiger partial charge in [-0.1, -0.05) is 18.2 Å². The third-order valence-corrected chi connectivity index (χ3v) is 2.45. The Bertz CT molecular complexity index is 281. The number of para-hydroxylation sites is 1.